The van der Waals surface area contributed by atoms with E-state index in [9.17, 15) is 9.59 Å². The molecule has 0 heterocycles. The first-order valence-corrected chi connectivity index (χ1v) is 7.53. The summed E-state index contributed by atoms with van der Waals surface area (Å²) in [5.74, 6) is -0.989. The van der Waals surface area contributed by atoms with E-state index >= 15 is 0 Å². The molecule has 1 aromatic carbocycles. The Hall–Kier alpha value is -1.84. The van der Waals surface area contributed by atoms with Gasteiger partial charge in [-0.2, -0.15) is 0 Å². The van der Waals surface area contributed by atoms with Crippen molar-refractivity contribution in [3.8, 4) is 0 Å². The minimum Gasteiger partial charge on any atom is -0.481 e. The number of carbonyl (C=O) groups excluding carboxylic acids is 1. The van der Waals surface area contributed by atoms with E-state index in [1.807, 2.05) is 32.0 Å². The number of carbonyl (C=O) groups is 2. The molecule has 2 atom stereocenters. The quantitative estimate of drug-likeness (QED) is 0.875. The zero-order chi connectivity index (χ0) is 15.4. The van der Waals surface area contributed by atoms with E-state index in [0.29, 0.717) is 13.0 Å². The van der Waals surface area contributed by atoms with Gasteiger partial charge in [-0.15, -0.1) is 0 Å². The van der Waals surface area contributed by atoms with E-state index in [1.165, 1.54) is 0 Å². The number of rotatable bonds is 5. The van der Waals surface area contributed by atoms with Crippen molar-refractivity contribution >= 4 is 11.9 Å². The van der Waals surface area contributed by atoms with Crippen LogP contribution >= 0.6 is 0 Å². The highest BCUT2D eigenvalue weighted by molar-refractivity contribution is 5.79. The fraction of sp³-hybridized carbons (Fsp3) is 0.529. The summed E-state index contributed by atoms with van der Waals surface area (Å²) in [6.07, 6.45) is 2.92. The van der Waals surface area contributed by atoms with Crippen molar-refractivity contribution in [1.82, 2.24) is 5.32 Å². The van der Waals surface area contributed by atoms with Crippen molar-refractivity contribution in [3.05, 3.63) is 34.9 Å². The van der Waals surface area contributed by atoms with Crippen LogP contribution in [-0.2, 0) is 16.0 Å². The molecule has 2 rings (SSSR count). The Morgan fingerprint density at radius 3 is 2.76 bits per heavy atom. The average Bonchev–Trinajstić information content (AvgIpc) is 2.89. The average molecular weight is 289 g/mol. The molecule has 1 fully saturated rings. The summed E-state index contributed by atoms with van der Waals surface area (Å²) < 4.78 is 0. The third-order valence-electron chi connectivity index (χ3n) is 4.39. The van der Waals surface area contributed by atoms with Gasteiger partial charge in [0.15, 0.2) is 0 Å². The van der Waals surface area contributed by atoms with Crippen molar-refractivity contribution < 1.29 is 14.7 Å². The van der Waals surface area contributed by atoms with Gasteiger partial charge in [-0.05, 0) is 43.7 Å². The summed E-state index contributed by atoms with van der Waals surface area (Å²) in [4.78, 5) is 23.2. The zero-order valence-corrected chi connectivity index (χ0v) is 12.7. The first-order chi connectivity index (χ1) is 9.97. The Kier molecular flexibility index (Phi) is 4.99. The number of benzene rings is 1. The SMILES string of the molecule is Cc1ccc(C)c(CC(=O)NCC2CCCC2C(=O)O)c1. The Morgan fingerprint density at radius 1 is 1.29 bits per heavy atom. The van der Waals surface area contributed by atoms with Crippen LogP contribution in [0.25, 0.3) is 0 Å². The van der Waals surface area contributed by atoms with Crippen LogP contribution in [0, 0.1) is 25.7 Å². The van der Waals surface area contributed by atoms with Gasteiger partial charge in [-0.25, -0.2) is 0 Å². The molecular formula is C17H23NO3. The van der Waals surface area contributed by atoms with Crippen LogP contribution < -0.4 is 5.32 Å². The lowest BCUT2D eigenvalue weighted by molar-refractivity contribution is -0.143. The van der Waals surface area contributed by atoms with Crippen molar-refractivity contribution in [2.75, 3.05) is 6.54 Å². The van der Waals surface area contributed by atoms with Gasteiger partial charge >= 0.3 is 5.97 Å². The Labute approximate surface area is 125 Å². The number of aryl methyl sites for hydroxylation is 2. The van der Waals surface area contributed by atoms with Gasteiger partial charge in [-0.1, -0.05) is 30.2 Å². The second-order valence-electron chi connectivity index (χ2n) is 6.05. The third kappa shape index (κ3) is 4.06. The van der Waals surface area contributed by atoms with Crippen LogP contribution in [0.1, 0.15) is 36.0 Å². The fourth-order valence-corrected chi connectivity index (χ4v) is 3.08. The van der Waals surface area contributed by atoms with Gasteiger partial charge in [0, 0.05) is 6.54 Å². The van der Waals surface area contributed by atoms with Crippen LogP contribution in [0.3, 0.4) is 0 Å². The largest absolute Gasteiger partial charge is 0.481 e. The molecule has 0 aromatic heterocycles. The van der Waals surface area contributed by atoms with E-state index in [-0.39, 0.29) is 17.7 Å². The number of amides is 1. The molecular weight excluding hydrogens is 266 g/mol. The first kappa shape index (κ1) is 15.5. The van der Waals surface area contributed by atoms with Gasteiger partial charge in [0.05, 0.1) is 12.3 Å². The highest BCUT2D eigenvalue weighted by Crippen LogP contribution is 2.31. The standard InChI is InChI=1S/C17H23NO3/c1-11-6-7-12(2)14(8-11)9-16(19)18-10-13-4-3-5-15(13)17(20)21/h6-8,13,15H,3-5,9-10H2,1-2H3,(H,18,19)(H,20,21). The summed E-state index contributed by atoms with van der Waals surface area (Å²) in [6.45, 7) is 4.48. The van der Waals surface area contributed by atoms with E-state index in [2.05, 4.69) is 5.32 Å². The van der Waals surface area contributed by atoms with E-state index in [4.69, 9.17) is 5.11 Å². The molecule has 1 amide bonds. The molecule has 1 saturated carbocycles. The van der Waals surface area contributed by atoms with E-state index in [0.717, 1.165) is 36.0 Å². The molecule has 4 nitrogen and oxygen atoms in total. The molecule has 0 bridgehead atoms. The molecule has 0 radical (unpaired) electrons. The second kappa shape index (κ2) is 6.74. The van der Waals surface area contributed by atoms with Crippen LogP contribution in [0.5, 0.6) is 0 Å². The molecule has 2 unspecified atom stereocenters. The molecule has 0 spiro atoms. The number of aliphatic carboxylic acids is 1. The fourth-order valence-electron chi connectivity index (χ4n) is 3.08. The zero-order valence-electron chi connectivity index (χ0n) is 12.7. The number of carboxylic acid groups (broad SMARTS) is 1. The first-order valence-electron chi connectivity index (χ1n) is 7.53. The lowest BCUT2D eigenvalue weighted by Gasteiger charge is -2.16. The molecule has 1 aromatic rings. The maximum atomic E-state index is 12.1. The Balaban J connectivity index is 1.87. The van der Waals surface area contributed by atoms with E-state index < -0.39 is 5.97 Å². The molecule has 2 N–H and O–H groups in total. The summed E-state index contributed by atoms with van der Waals surface area (Å²) >= 11 is 0. The van der Waals surface area contributed by atoms with Gasteiger partial charge in [-0.3, -0.25) is 9.59 Å². The van der Waals surface area contributed by atoms with Crippen LogP contribution in [0.15, 0.2) is 18.2 Å². The molecule has 0 aliphatic heterocycles. The van der Waals surface area contributed by atoms with Gasteiger partial charge in [0.2, 0.25) is 5.91 Å². The third-order valence-corrected chi connectivity index (χ3v) is 4.39. The maximum absolute atomic E-state index is 12.1. The topological polar surface area (TPSA) is 66.4 Å². The van der Waals surface area contributed by atoms with Gasteiger partial charge in [0.25, 0.3) is 0 Å². The van der Waals surface area contributed by atoms with Gasteiger partial charge < -0.3 is 10.4 Å². The smallest absolute Gasteiger partial charge is 0.306 e. The van der Waals surface area contributed by atoms with Crippen molar-refractivity contribution in [2.45, 2.75) is 39.5 Å². The normalized spacial score (nSPS) is 21.2. The predicted molar refractivity (Wildman–Crippen MR) is 81.1 cm³/mol. The van der Waals surface area contributed by atoms with Crippen molar-refractivity contribution in [3.63, 3.8) is 0 Å². The molecule has 21 heavy (non-hydrogen) atoms. The maximum Gasteiger partial charge on any atom is 0.306 e. The van der Waals surface area contributed by atoms with E-state index in [1.54, 1.807) is 0 Å². The minimum absolute atomic E-state index is 0.0280. The summed E-state index contributed by atoms with van der Waals surface area (Å²) in [6, 6.07) is 6.09. The second-order valence-corrected chi connectivity index (χ2v) is 6.05. The number of hydrogen-bond acceptors (Lipinski definition) is 2. The molecule has 4 heteroatoms. The Morgan fingerprint density at radius 2 is 2.05 bits per heavy atom. The molecule has 1 aliphatic carbocycles. The van der Waals surface area contributed by atoms with Crippen molar-refractivity contribution in [2.24, 2.45) is 11.8 Å². The number of carboxylic acids is 1. The summed E-state index contributed by atoms with van der Waals surface area (Å²) in [5.41, 5.74) is 3.29. The van der Waals surface area contributed by atoms with Crippen LogP contribution in [-0.4, -0.2) is 23.5 Å². The molecule has 1 aliphatic rings. The van der Waals surface area contributed by atoms with Gasteiger partial charge in [0.1, 0.15) is 0 Å². The van der Waals surface area contributed by atoms with Crippen molar-refractivity contribution in [1.29, 1.82) is 0 Å². The highest BCUT2D eigenvalue weighted by Gasteiger charge is 2.32. The van der Waals surface area contributed by atoms with Crippen LogP contribution in [0.4, 0.5) is 0 Å². The molecule has 0 saturated heterocycles. The monoisotopic (exact) mass is 289 g/mol. The number of nitrogens with one attached hydrogen (secondary N) is 1. The van der Waals surface area contributed by atoms with Crippen LogP contribution in [0.2, 0.25) is 0 Å². The summed E-state index contributed by atoms with van der Waals surface area (Å²) in [5, 5.41) is 12.0. The lowest BCUT2D eigenvalue weighted by atomic mass is 9.96. The highest BCUT2D eigenvalue weighted by atomic mass is 16.4. The molecule has 114 valence electrons. The Bertz CT molecular complexity index is 539. The summed E-state index contributed by atoms with van der Waals surface area (Å²) in [7, 11) is 0. The predicted octanol–water partition coefficient (Wildman–Crippen LogP) is 2.46. The minimum atomic E-state index is -0.735. The lowest BCUT2D eigenvalue weighted by Crippen LogP contribution is -2.34. The number of hydrogen-bond donors (Lipinski definition) is 2.